The number of carbonyl (C=O) groups is 1. The second kappa shape index (κ2) is 9.06. The minimum Gasteiger partial charge on any atom is -0.357 e. The van der Waals surface area contributed by atoms with Crippen LogP contribution in [-0.4, -0.2) is 49.5 Å². The van der Waals surface area contributed by atoms with Crippen LogP contribution in [0.25, 0.3) is 0 Å². The minimum atomic E-state index is 0.197. The standard InChI is InChI=1S/C21H32N4O/c1-3-22-21(24-13-12-23-20(26)18-9-10-18)25-14-11-19(16(2)15-25)17-7-5-4-6-8-17/h4-8,16,18-19H,3,9-15H2,1-2H3,(H,22,24)(H,23,26). The number of carbonyl (C=O) groups excluding carboxylic acids is 1. The number of likely N-dealkylation sites (tertiary alicyclic amines) is 1. The molecule has 2 unspecified atom stereocenters. The summed E-state index contributed by atoms with van der Waals surface area (Å²) in [5.74, 6) is 2.65. The number of rotatable bonds is 6. The molecule has 2 aliphatic rings. The van der Waals surface area contributed by atoms with Gasteiger partial charge in [-0.3, -0.25) is 9.79 Å². The predicted molar refractivity (Wildman–Crippen MR) is 106 cm³/mol. The fourth-order valence-corrected chi connectivity index (χ4v) is 3.79. The molecule has 1 heterocycles. The van der Waals surface area contributed by atoms with Crippen molar-refractivity contribution in [1.82, 2.24) is 15.5 Å². The lowest BCUT2D eigenvalue weighted by Gasteiger charge is -2.39. The predicted octanol–water partition coefficient (Wildman–Crippen LogP) is 2.60. The zero-order valence-electron chi connectivity index (χ0n) is 16.1. The van der Waals surface area contributed by atoms with Gasteiger partial charge in [-0.25, -0.2) is 0 Å². The van der Waals surface area contributed by atoms with Gasteiger partial charge in [0, 0.05) is 32.1 Å². The first-order chi connectivity index (χ1) is 12.7. The molecule has 2 N–H and O–H groups in total. The van der Waals surface area contributed by atoms with Crippen LogP contribution in [0.5, 0.6) is 0 Å². The van der Waals surface area contributed by atoms with Gasteiger partial charge in [0.05, 0.1) is 6.54 Å². The quantitative estimate of drug-likeness (QED) is 0.468. The number of nitrogens with zero attached hydrogens (tertiary/aromatic N) is 2. The average molecular weight is 357 g/mol. The summed E-state index contributed by atoms with van der Waals surface area (Å²) in [7, 11) is 0. The number of hydrogen-bond donors (Lipinski definition) is 2. The second-order valence-electron chi connectivity index (χ2n) is 7.53. The molecule has 26 heavy (non-hydrogen) atoms. The summed E-state index contributed by atoms with van der Waals surface area (Å²) in [6.07, 6.45) is 3.24. The molecule has 1 aliphatic heterocycles. The smallest absolute Gasteiger partial charge is 0.223 e. The van der Waals surface area contributed by atoms with Gasteiger partial charge in [-0.2, -0.15) is 0 Å². The molecule has 0 spiro atoms. The molecule has 142 valence electrons. The average Bonchev–Trinajstić information content (AvgIpc) is 3.50. The number of hydrogen-bond acceptors (Lipinski definition) is 2. The maximum Gasteiger partial charge on any atom is 0.223 e. The number of aliphatic imine (C=N–C) groups is 1. The molecule has 5 nitrogen and oxygen atoms in total. The van der Waals surface area contributed by atoms with E-state index < -0.39 is 0 Å². The van der Waals surface area contributed by atoms with Crippen molar-refractivity contribution in [2.45, 2.75) is 39.0 Å². The Morgan fingerprint density at radius 2 is 1.96 bits per heavy atom. The Morgan fingerprint density at radius 1 is 1.19 bits per heavy atom. The van der Waals surface area contributed by atoms with Crippen LogP contribution in [0.2, 0.25) is 0 Å². The van der Waals surface area contributed by atoms with Crippen LogP contribution in [0.3, 0.4) is 0 Å². The largest absolute Gasteiger partial charge is 0.357 e. The zero-order valence-corrected chi connectivity index (χ0v) is 16.1. The molecule has 0 bridgehead atoms. The summed E-state index contributed by atoms with van der Waals surface area (Å²) in [6, 6.07) is 10.9. The second-order valence-corrected chi connectivity index (χ2v) is 7.53. The normalized spacial score (nSPS) is 23.6. The first kappa shape index (κ1) is 18.7. The SMILES string of the molecule is CCNC(=NCCNC(=O)C1CC1)N1CCC(c2ccccc2)C(C)C1. The fourth-order valence-electron chi connectivity index (χ4n) is 3.79. The van der Waals surface area contributed by atoms with E-state index in [-0.39, 0.29) is 11.8 Å². The van der Waals surface area contributed by atoms with E-state index in [1.54, 1.807) is 0 Å². The van der Waals surface area contributed by atoms with Crippen molar-refractivity contribution in [3.8, 4) is 0 Å². The topological polar surface area (TPSA) is 56.7 Å². The first-order valence-electron chi connectivity index (χ1n) is 10.0. The Balaban J connectivity index is 1.53. The van der Waals surface area contributed by atoms with Gasteiger partial charge in [-0.15, -0.1) is 0 Å². The van der Waals surface area contributed by atoms with Crippen molar-refractivity contribution in [3.05, 3.63) is 35.9 Å². The molecular formula is C21H32N4O. The van der Waals surface area contributed by atoms with Crippen LogP contribution in [-0.2, 0) is 4.79 Å². The number of nitrogens with one attached hydrogen (secondary N) is 2. The van der Waals surface area contributed by atoms with Crippen LogP contribution in [0.1, 0.15) is 44.6 Å². The van der Waals surface area contributed by atoms with Crippen molar-refractivity contribution < 1.29 is 4.79 Å². The summed E-state index contributed by atoms with van der Waals surface area (Å²) >= 11 is 0. The third-order valence-electron chi connectivity index (χ3n) is 5.39. The van der Waals surface area contributed by atoms with Gasteiger partial charge in [-0.05, 0) is 43.6 Å². The van der Waals surface area contributed by atoms with Gasteiger partial charge in [0.1, 0.15) is 0 Å². The molecule has 2 fully saturated rings. The zero-order chi connectivity index (χ0) is 18.4. The van der Waals surface area contributed by atoms with Crippen LogP contribution in [0, 0.1) is 11.8 Å². The molecule has 1 aliphatic carbocycles. The third-order valence-corrected chi connectivity index (χ3v) is 5.39. The van der Waals surface area contributed by atoms with E-state index in [1.807, 2.05) is 0 Å². The van der Waals surface area contributed by atoms with Crippen LogP contribution < -0.4 is 10.6 Å². The lowest BCUT2D eigenvalue weighted by molar-refractivity contribution is -0.122. The van der Waals surface area contributed by atoms with Crippen LogP contribution in [0.15, 0.2) is 35.3 Å². The molecule has 5 heteroatoms. The Hall–Kier alpha value is -2.04. The summed E-state index contributed by atoms with van der Waals surface area (Å²) in [6.45, 7) is 8.59. The van der Waals surface area contributed by atoms with Crippen LogP contribution in [0.4, 0.5) is 0 Å². The highest BCUT2D eigenvalue weighted by Gasteiger charge is 2.30. The van der Waals surface area contributed by atoms with E-state index in [9.17, 15) is 4.79 Å². The Morgan fingerprint density at radius 3 is 2.62 bits per heavy atom. The molecule has 0 aromatic heterocycles. The molecule has 1 saturated heterocycles. The highest BCUT2D eigenvalue weighted by molar-refractivity contribution is 5.81. The summed E-state index contributed by atoms with van der Waals surface area (Å²) in [4.78, 5) is 18.8. The molecule has 1 aromatic rings. The molecule has 1 saturated carbocycles. The molecule has 1 amide bonds. The Kier molecular flexibility index (Phi) is 6.53. The highest BCUT2D eigenvalue weighted by Crippen LogP contribution is 2.32. The van der Waals surface area contributed by atoms with E-state index in [0.717, 1.165) is 44.9 Å². The van der Waals surface area contributed by atoms with Crippen molar-refractivity contribution in [1.29, 1.82) is 0 Å². The molecule has 1 aromatic carbocycles. The van der Waals surface area contributed by atoms with Crippen molar-refractivity contribution >= 4 is 11.9 Å². The van der Waals surface area contributed by atoms with Gasteiger partial charge in [0.15, 0.2) is 5.96 Å². The lowest BCUT2D eigenvalue weighted by Crippen LogP contribution is -2.48. The molecule has 2 atom stereocenters. The summed E-state index contributed by atoms with van der Waals surface area (Å²) in [5, 5.41) is 6.40. The van der Waals surface area contributed by atoms with Gasteiger partial charge in [0.25, 0.3) is 0 Å². The van der Waals surface area contributed by atoms with Gasteiger partial charge < -0.3 is 15.5 Å². The summed E-state index contributed by atoms with van der Waals surface area (Å²) in [5.41, 5.74) is 1.45. The highest BCUT2D eigenvalue weighted by atomic mass is 16.2. The minimum absolute atomic E-state index is 0.197. The lowest BCUT2D eigenvalue weighted by atomic mass is 9.82. The third kappa shape index (κ3) is 4.99. The van der Waals surface area contributed by atoms with Crippen molar-refractivity contribution in [2.24, 2.45) is 16.8 Å². The van der Waals surface area contributed by atoms with Gasteiger partial charge in [-0.1, -0.05) is 37.3 Å². The monoisotopic (exact) mass is 356 g/mol. The first-order valence-corrected chi connectivity index (χ1v) is 10.0. The van der Waals surface area contributed by atoms with E-state index in [4.69, 9.17) is 4.99 Å². The number of piperidine rings is 1. The number of benzene rings is 1. The fraction of sp³-hybridized carbons (Fsp3) is 0.619. The van der Waals surface area contributed by atoms with E-state index >= 15 is 0 Å². The number of guanidine groups is 1. The van der Waals surface area contributed by atoms with E-state index in [1.165, 1.54) is 5.56 Å². The van der Waals surface area contributed by atoms with Crippen molar-refractivity contribution in [3.63, 3.8) is 0 Å². The van der Waals surface area contributed by atoms with Gasteiger partial charge in [0.2, 0.25) is 5.91 Å². The Labute approximate surface area is 157 Å². The molecule has 0 radical (unpaired) electrons. The van der Waals surface area contributed by atoms with Crippen molar-refractivity contribution in [2.75, 3.05) is 32.7 Å². The number of amides is 1. The van der Waals surface area contributed by atoms with Crippen LogP contribution >= 0.6 is 0 Å². The summed E-state index contributed by atoms with van der Waals surface area (Å²) < 4.78 is 0. The van der Waals surface area contributed by atoms with E-state index in [2.05, 4.69) is 59.7 Å². The Bertz CT molecular complexity index is 612. The maximum atomic E-state index is 11.7. The van der Waals surface area contributed by atoms with E-state index in [0.29, 0.717) is 24.9 Å². The van der Waals surface area contributed by atoms with Gasteiger partial charge >= 0.3 is 0 Å². The molecule has 3 rings (SSSR count). The molecular weight excluding hydrogens is 324 g/mol. The maximum absolute atomic E-state index is 11.7.